The van der Waals surface area contributed by atoms with E-state index in [-0.39, 0.29) is 10.6 Å². The van der Waals surface area contributed by atoms with Crippen LogP contribution in [0.15, 0.2) is 70.7 Å². The number of amides is 1. The molecule has 0 aliphatic rings. The smallest absolute Gasteiger partial charge is 0.255 e. The lowest BCUT2D eigenvalue weighted by molar-refractivity contribution is -0.119. The number of nitrogens with one attached hydrogen (secondary N) is 2. The summed E-state index contributed by atoms with van der Waals surface area (Å²) in [5.41, 5.74) is 3.15. The molecule has 0 spiro atoms. The second-order valence-corrected chi connectivity index (χ2v) is 7.97. The van der Waals surface area contributed by atoms with Crippen molar-refractivity contribution in [1.29, 1.82) is 0 Å². The number of carbonyl (C=O) groups is 1. The van der Waals surface area contributed by atoms with E-state index >= 15 is 0 Å². The minimum atomic E-state index is -3.92. The lowest BCUT2D eigenvalue weighted by atomic mass is 10.1. The van der Waals surface area contributed by atoms with Crippen molar-refractivity contribution in [2.75, 3.05) is 20.8 Å². The molecule has 9 heteroatoms. The largest absolute Gasteiger partial charge is 0.493 e. The average Bonchev–Trinajstić information content (AvgIpc) is 2.77. The average molecular weight is 427 g/mol. The number of hydrazone groups is 1. The SMILES string of the molecule is COc1ccc(S(=O)(=O)NCC(=O)N/N=C\c2cccc3ccccc23)cc1OC. The molecule has 8 nitrogen and oxygen atoms in total. The summed E-state index contributed by atoms with van der Waals surface area (Å²) < 4.78 is 37.3. The molecule has 1 amide bonds. The van der Waals surface area contributed by atoms with E-state index in [2.05, 4.69) is 15.2 Å². The van der Waals surface area contributed by atoms with Gasteiger partial charge in [-0.3, -0.25) is 4.79 Å². The van der Waals surface area contributed by atoms with Crippen LogP contribution in [0.2, 0.25) is 0 Å². The number of benzene rings is 3. The molecule has 0 atom stereocenters. The first kappa shape index (κ1) is 21.3. The molecule has 0 bridgehead atoms. The summed E-state index contributed by atoms with van der Waals surface area (Å²) in [5, 5.41) is 5.96. The lowest BCUT2D eigenvalue weighted by Gasteiger charge is -2.10. The van der Waals surface area contributed by atoms with E-state index in [1.807, 2.05) is 42.5 Å². The quantitative estimate of drug-likeness (QED) is 0.424. The van der Waals surface area contributed by atoms with Crippen molar-refractivity contribution < 1.29 is 22.7 Å². The summed E-state index contributed by atoms with van der Waals surface area (Å²) in [4.78, 5) is 12.0. The van der Waals surface area contributed by atoms with E-state index in [9.17, 15) is 13.2 Å². The predicted molar refractivity (Wildman–Crippen MR) is 114 cm³/mol. The van der Waals surface area contributed by atoms with E-state index < -0.39 is 22.5 Å². The maximum Gasteiger partial charge on any atom is 0.255 e. The van der Waals surface area contributed by atoms with Crippen LogP contribution in [-0.2, 0) is 14.8 Å². The predicted octanol–water partition coefficient (Wildman–Crippen LogP) is 2.29. The molecular formula is C21H21N3O5S. The van der Waals surface area contributed by atoms with Gasteiger partial charge in [-0.1, -0.05) is 42.5 Å². The monoisotopic (exact) mass is 427 g/mol. The topological polar surface area (TPSA) is 106 Å². The number of ether oxygens (including phenoxy) is 2. The maximum absolute atomic E-state index is 12.4. The van der Waals surface area contributed by atoms with Crippen LogP contribution in [0.3, 0.4) is 0 Å². The van der Waals surface area contributed by atoms with Gasteiger partial charge in [0.05, 0.1) is 31.9 Å². The Morgan fingerprint density at radius 1 is 1.00 bits per heavy atom. The van der Waals surface area contributed by atoms with Crippen LogP contribution < -0.4 is 19.6 Å². The zero-order valence-corrected chi connectivity index (χ0v) is 17.3. The van der Waals surface area contributed by atoms with Crippen LogP contribution >= 0.6 is 0 Å². The highest BCUT2D eigenvalue weighted by Crippen LogP contribution is 2.29. The first-order chi connectivity index (χ1) is 14.4. The van der Waals surface area contributed by atoms with Gasteiger partial charge in [0.2, 0.25) is 10.0 Å². The minimum absolute atomic E-state index is 0.0489. The number of fused-ring (bicyclic) bond motifs is 1. The molecule has 0 aliphatic carbocycles. The van der Waals surface area contributed by atoms with Crippen LogP contribution in [0.25, 0.3) is 10.8 Å². The molecule has 156 valence electrons. The van der Waals surface area contributed by atoms with E-state index in [0.29, 0.717) is 5.75 Å². The highest BCUT2D eigenvalue weighted by atomic mass is 32.2. The minimum Gasteiger partial charge on any atom is -0.493 e. The van der Waals surface area contributed by atoms with Gasteiger partial charge in [-0.25, -0.2) is 18.6 Å². The number of sulfonamides is 1. The number of nitrogens with zero attached hydrogens (tertiary/aromatic N) is 1. The van der Waals surface area contributed by atoms with Crippen molar-refractivity contribution in [2.24, 2.45) is 5.10 Å². The molecule has 0 saturated carbocycles. The fourth-order valence-electron chi connectivity index (χ4n) is 2.80. The Morgan fingerprint density at radius 2 is 1.73 bits per heavy atom. The third kappa shape index (κ3) is 4.94. The molecule has 3 aromatic rings. The molecule has 0 saturated heterocycles. The molecule has 0 unspecified atom stereocenters. The van der Waals surface area contributed by atoms with Crippen LogP contribution in [0.4, 0.5) is 0 Å². The summed E-state index contributed by atoms with van der Waals surface area (Å²) in [6, 6.07) is 17.7. The number of methoxy groups -OCH3 is 2. The fraction of sp³-hybridized carbons (Fsp3) is 0.143. The molecular weight excluding hydrogens is 406 g/mol. The first-order valence-electron chi connectivity index (χ1n) is 8.96. The Morgan fingerprint density at radius 3 is 2.50 bits per heavy atom. The van der Waals surface area contributed by atoms with Crippen molar-refractivity contribution in [3.05, 3.63) is 66.2 Å². The lowest BCUT2D eigenvalue weighted by Crippen LogP contribution is -2.34. The third-order valence-electron chi connectivity index (χ3n) is 4.30. The number of carbonyl (C=O) groups excluding carboxylic acids is 1. The molecule has 0 heterocycles. The van der Waals surface area contributed by atoms with E-state index in [0.717, 1.165) is 16.3 Å². The summed E-state index contributed by atoms with van der Waals surface area (Å²) in [6.45, 7) is -0.469. The molecule has 0 aliphatic heterocycles. The van der Waals surface area contributed by atoms with Gasteiger partial charge in [0, 0.05) is 11.6 Å². The second kappa shape index (κ2) is 9.38. The van der Waals surface area contributed by atoms with Crippen LogP contribution in [0.5, 0.6) is 11.5 Å². The Balaban J connectivity index is 1.62. The van der Waals surface area contributed by atoms with Crippen LogP contribution in [0, 0.1) is 0 Å². The van der Waals surface area contributed by atoms with Gasteiger partial charge < -0.3 is 9.47 Å². The molecule has 2 N–H and O–H groups in total. The van der Waals surface area contributed by atoms with Crippen LogP contribution in [-0.4, -0.2) is 41.3 Å². The number of rotatable bonds is 8. The van der Waals surface area contributed by atoms with Gasteiger partial charge in [-0.2, -0.15) is 5.10 Å². The molecule has 0 fully saturated rings. The van der Waals surface area contributed by atoms with Gasteiger partial charge in [-0.05, 0) is 22.9 Å². The maximum atomic E-state index is 12.4. The van der Waals surface area contributed by atoms with Gasteiger partial charge in [0.1, 0.15) is 0 Å². The summed E-state index contributed by atoms with van der Waals surface area (Å²) >= 11 is 0. The summed E-state index contributed by atoms with van der Waals surface area (Å²) in [7, 11) is -1.06. The molecule has 3 rings (SSSR count). The van der Waals surface area contributed by atoms with Crippen molar-refractivity contribution in [3.8, 4) is 11.5 Å². The zero-order valence-electron chi connectivity index (χ0n) is 16.5. The summed E-state index contributed by atoms with van der Waals surface area (Å²) in [6.07, 6.45) is 1.52. The molecule has 0 radical (unpaired) electrons. The summed E-state index contributed by atoms with van der Waals surface area (Å²) in [5.74, 6) is 0.0667. The van der Waals surface area contributed by atoms with Gasteiger partial charge in [0.15, 0.2) is 11.5 Å². The Kier molecular flexibility index (Phi) is 6.65. The third-order valence-corrected chi connectivity index (χ3v) is 5.70. The second-order valence-electron chi connectivity index (χ2n) is 6.20. The highest BCUT2D eigenvalue weighted by Gasteiger charge is 2.18. The van der Waals surface area contributed by atoms with E-state index in [1.54, 1.807) is 0 Å². The van der Waals surface area contributed by atoms with Crippen molar-refractivity contribution in [1.82, 2.24) is 10.1 Å². The van der Waals surface area contributed by atoms with E-state index in [4.69, 9.17) is 9.47 Å². The fourth-order valence-corrected chi connectivity index (χ4v) is 3.80. The standard InChI is InChI=1S/C21H21N3O5S/c1-28-19-11-10-17(12-20(19)29-2)30(26,27)23-14-21(25)24-22-13-16-8-5-7-15-6-3-4-9-18(15)16/h3-13,23H,14H2,1-2H3,(H,24,25)/b22-13-. The zero-order chi connectivity index (χ0) is 21.6. The van der Waals surface area contributed by atoms with Gasteiger partial charge in [0.25, 0.3) is 5.91 Å². The Bertz CT molecular complexity index is 1190. The number of hydrogen-bond donors (Lipinski definition) is 2. The van der Waals surface area contributed by atoms with Crippen molar-refractivity contribution in [3.63, 3.8) is 0 Å². The van der Waals surface area contributed by atoms with Crippen LogP contribution in [0.1, 0.15) is 5.56 Å². The normalized spacial score (nSPS) is 11.5. The van der Waals surface area contributed by atoms with Gasteiger partial charge in [-0.15, -0.1) is 0 Å². The first-order valence-corrected chi connectivity index (χ1v) is 10.4. The Labute approximate surface area is 174 Å². The van der Waals surface area contributed by atoms with E-state index in [1.165, 1.54) is 38.6 Å². The Hall–Kier alpha value is -3.43. The molecule has 30 heavy (non-hydrogen) atoms. The number of hydrogen-bond acceptors (Lipinski definition) is 6. The van der Waals surface area contributed by atoms with Crippen molar-refractivity contribution >= 4 is 32.9 Å². The highest BCUT2D eigenvalue weighted by molar-refractivity contribution is 7.89. The molecule has 3 aromatic carbocycles. The van der Waals surface area contributed by atoms with Gasteiger partial charge >= 0.3 is 0 Å². The molecule has 0 aromatic heterocycles. The van der Waals surface area contributed by atoms with Crippen molar-refractivity contribution in [2.45, 2.75) is 4.90 Å².